The maximum absolute atomic E-state index is 11.5. The van der Waals surface area contributed by atoms with Crippen molar-refractivity contribution in [3.8, 4) is 0 Å². The second kappa shape index (κ2) is 3.59. The number of aliphatic hydroxyl groups excluding tert-OH is 1. The Morgan fingerprint density at radius 2 is 2.13 bits per heavy atom. The van der Waals surface area contributed by atoms with Gasteiger partial charge in [0.2, 0.25) is 0 Å². The molecule has 0 aromatic rings. The molecule has 5 atom stereocenters. The summed E-state index contributed by atoms with van der Waals surface area (Å²) >= 11 is 0. The van der Waals surface area contributed by atoms with Crippen molar-refractivity contribution in [2.24, 2.45) is 23.7 Å². The third kappa shape index (κ3) is 1.47. The van der Waals surface area contributed by atoms with Crippen LogP contribution in [0.1, 0.15) is 19.8 Å². The maximum Gasteiger partial charge on any atom is 0.311 e. The number of carbonyl (C=O) groups is 2. The van der Waals surface area contributed by atoms with E-state index in [1.165, 1.54) is 7.11 Å². The summed E-state index contributed by atoms with van der Waals surface area (Å²) in [5, 5.41) is 9.79. The summed E-state index contributed by atoms with van der Waals surface area (Å²) in [4.78, 5) is 23.0. The molecule has 4 nitrogen and oxygen atoms in total. The van der Waals surface area contributed by atoms with Gasteiger partial charge >= 0.3 is 5.97 Å². The molecule has 0 unspecified atom stereocenters. The fraction of sp³-hybridized carbons (Fsp3) is 0.818. The maximum atomic E-state index is 11.5. The van der Waals surface area contributed by atoms with Gasteiger partial charge in [0.1, 0.15) is 5.78 Å². The number of methoxy groups -OCH3 is 1. The van der Waals surface area contributed by atoms with Crippen LogP contribution in [0.4, 0.5) is 0 Å². The SMILES string of the molecule is COC(=O)[C@@H]1[C@H]2CC(=O)[C@H](C)[C@H]2C[C@H]1O. The van der Waals surface area contributed by atoms with Crippen molar-refractivity contribution in [1.82, 2.24) is 0 Å². The molecule has 2 aliphatic carbocycles. The van der Waals surface area contributed by atoms with Gasteiger partial charge in [-0.15, -0.1) is 0 Å². The second-order valence-corrected chi connectivity index (χ2v) is 4.64. The minimum atomic E-state index is -0.636. The van der Waals surface area contributed by atoms with Crippen LogP contribution in [0.15, 0.2) is 0 Å². The van der Waals surface area contributed by atoms with E-state index in [0.29, 0.717) is 12.8 Å². The lowest BCUT2D eigenvalue weighted by Crippen LogP contribution is -2.29. The summed E-state index contributed by atoms with van der Waals surface area (Å²) < 4.78 is 4.67. The van der Waals surface area contributed by atoms with E-state index in [1.807, 2.05) is 6.92 Å². The van der Waals surface area contributed by atoms with Crippen LogP contribution in [-0.2, 0) is 14.3 Å². The first-order chi connectivity index (χ1) is 7.06. The average Bonchev–Trinajstić information content (AvgIpc) is 2.64. The van der Waals surface area contributed by atoms with E-state index < -0.39 is 12.0 Å². The van der Waals surface area contributed by atoms with E-state index in [4.69, 9.17) is 0 Å². The molecule has 4 heteroatoms. The van der Waals surface area contributed by atoms with Gasteiger partial charge in [0.25, 0.3) is 0 Å². The minimum Gasteiger partial charge on any atom is -0.469 e. The molecule has 2 fully saturated rings. The van der Waals surface area contributed by atoms with Gasteiger partial charge in [-0.05, 0) is 18.3 Å². The van der Waals surface area contributed by atoms with E-state index in [0.717, 1.165) is 0 Å². The number of aliphatic hydroxyl groups is 1. The Morgan fingerprint density at radius 1 is 1.47 bits per heavy atom. The van der Waals surface area contributed by atoms with Gasteiger partial charge in [-0.2, -0.15) is 0 Å². The van der Waals surface area contributed by atoms with Gasteiger partial charge in [0.05, 0.1) is 19.1 Å². The third-order valence-electron chi connectivity index (χ3n) is 4.00. The van der Waals surface area contributed by atoms with Crippen LogP contribution in [0.5, 0.6) is 0 Å². The molecule has 1 N–H and O–H groups in total. The highest BCUT2D eigenvalue weighted by Gasteiger charge is 2.54. The van der Waals surface area contributed by atoms with Crippen molar-refractivity contribution in [3.05, 3.63) is 0 Å². The molecule has 0 amide bonds. The van der Waals surface area contributed by atoms with Crippen LogP contribution < -0.4 is 0 Å². The van der Waals surface area contributed by atoms with Gasteiger partial charge in [0.15, 0.2) is 0 Å². The van der Waals surface area contributed by atoms with Crippen molar-refractivity contribution in [1.29, 1.82) is 0 Å². The summed E-state index contributed by atoms with van der Waals surface area (Å²) in [6, 6.07) is 0. The predicted molar refractivity (Wildman–Crippen MR) is 51.9 cm³/mol. The molecular formula is C11H16O4. The van der Waals surface area contributed by atoms with Crippen LogP contribution in [0.2, 0.25) is 0 Å². The number of esters is 1. The zero-order valence-corrected chi connectivity index (χ0v) is 8.97. The molecule has 0 saturated heterocycles. The molecule has 15 heavy (non-hydrogen) atoms. The van der Waals surface area contributed by atoms with Crippen molar-refractivity contribution in [2.75, 3.05) is 7.11 Å². The lowest BCUT2D eigenvalue weighted by atomic mass is 9.89. The highest BCUT2D eigenvalue weighted by molar-refractivity contribution is 5.85. The Kier molecular flexibility index (Phi) is 2.54. The highest BCUT2D eigenvalue weighted by atomic mass is 16.5. The van der Waals surface area contributed by atoms with Crippen molar-refractivity contribution >= 4 is 11.8 Å². The number of Topliss-reactive ketones (excluding diaryl/α,β-unsaturated/α-hetero) is 1. The average molecular weight is 212 g/mol. The number of carbonyl (C=O) groups excluding carboxylic acids is 2. The van der Waals surface area contributed by atoms with Gasteiger partial charge in [0, 0.05) is 12.3 Å². The van der Waals surface area contributed by atoms with Gasteiger partial charge in [-0.3, -0.25) is 9.59 Å². The van der Waals surface area contributed by atoms with E-state index >= 15 is 0 Å². The summed E-state index contributed by atoms with van der Waals surface area (Å²) in [6.07, 6.45) is 0.336. The molecule has 0 aliphatic heterocycles. The van der Waals surface area contributed by atoms with Crippen molar-refractivity contribution in [2.45, 2.75) is 25.9 Å². The molecular weight excluding hydrogens is 196 g/mol. The molecule has 0 spiro atoms. The topological polar surface area (TPSA) is 63.6 Å². The summed E-state index contributed by atoms with van der Waals surface area (Å²) in [6.45, 7) is 1.89. The number of ether oxygens (including phenoxy) is 1. The quantitative estimate of drug-likeness (QED) is 0.638. The normalized spacial score (nSPS) is 44.2. The zero-order chi connectivity index (χ0) is 11.2. The Labute approximate surface area is 88.6 Å². The van der Waals surface area contributed by atoms with E-state index in [2.05, 4.69) is 4.74 Å². The Hall–Kier alpha value is -0.900. The molecule has 0 heterocycles. The lowest BCUT2D eigenvalue weighted by Gasteiger charge is -2.17. The molecule has 2 rings (SSSR count). The fourth-order valence-corrected chi connectivity index (χ4v) is 3.13. The zero-order valence-electron chi connectivity index (χ0n) is 8.97. The molecule has 2 saturated carbocycles. The monoisotopic (exact) mass is 212 g/mol. The predicted octanol–water partition coefficient (Wildman–Crippen LogP) is 0.381. The number of fused-ring (bicyclic) bond motifs is 1. The smallest absolute Gasteiger partial charge is 0.311 e. The first-order valence-corrected chi connectivity index (χ1v) is 5.35. The van der Waals surface area contributed by atoms with Crippen LogP contribution in [0, 0.1) is 23.7 Å². The van der Waals surface area contributed by atoms with Crippen LogP contribution in [0.3, 0.4) is 0 Å². The fourth-order valence-electron chi connectivity index (χ4n) is 3.13. The van der Waals surface area contributed by atoms with Crippen molar-refractivity contribution < 1.29 is 19.4 Å². The van der Waals surface area contributed by atoms with Crippen molar-refractivity contribution in [3.63, 3.8) is 0 Å². The largest absolute Gasteiger partial charge is 0.469 e. The van der Waals surface area contributed by atoms with Gasteiger partial charge in [-0.1, -0.05) is 6.92 Å². The molecule has 84 valence electrons. The molecule has 0 aromatic heterocycles. The minimum absolute atomic E-state index is 0.00468. The van der Waals surface area contributed by atoms with Gasteiger partial charge < -0.3 is 9.84 Å². The first kappa shape index (κ1) is 10.6. The summed E-state index contributed by atoms with van der Waals surface area (Å²) in [5.74, 6) is -0.512. The number of hydrogen-bond acceptors (Lipinski definition) is 4. The first-order valence-electron chi connectivity index (χ1n) is 5.35. The van der Waals surface area contributed by atoms with Crippen LogP contribution in [0.25, 0.3) is 0 Å². The number of rotatable bonds is 1. The Morgan fingerprint density at radius 3 is 2.73 bits per heavy atom. The molecule has 2 aliphatic rings. The van der Waals surface area contributed by atoms with Crippen LogP contribution in [-0.4, -0.2) is 30.1 Å². The second-order valence-electron chi connectivity index (χ2n) is 4.64. The highest BCUT2D eigenvalue weighted by Crippen LogP contribution is 2.49. The summed E-state index contributed by atoms with van der Waals surface area (Å²) in [7, 11) is 1.32. The molecule has 0 bridgehead atoms. The summed E-state index contributed by atoms with van der Waals surface area (Å²) in [5.41, 5.74) is 0. The van der Waals surface area contributed by atoms with Crippen LogP contribution >= 0.6 is 0 Å². The molecule has 0 aromatic carbocycles. The van der Waals surface area contributed by atoms with E-state index in [-0.39, 0.29) is 29.5 Å². The number of hydrogen-bond donors (Lipinski definition) is 1. The number of ketones is 1. The third-order valence-corrected chi connectivity index (χ3v) is 4.00. The van der Waals surface area contributed by atoms with E-state index in [9.17, 15) is 14.7 Å². The lowest BCUT2D eigenvalue weighted by molar-refractivity contribution is -0.150. The Bertz CT molecular complexity index is 299. The van der Waals surface area contributed by atoms with Gasteiger partial charge in [-0.25, -0.2) is 0 Å². The Balaban J connectivity index is 2.21. The molecule has 0 radical (unpaired) electrons. The standard InChI is InChI=1S/C11H16O4/c1-5-6-3-9(13)10(11(14)15-2)7(6)4-8(5)12/h5-7,9-10,13H,3-4H2,1-2H3/t5-,6-,7+,9-,10-/m1/s1. The van der Waals surface area contributed by atoms with E-state index in [1.54, 1.807) is 0 Å².